The van der Waals surface area contributed by atoms with Crippen LogP contribution in [0.5, 0.6) is 0 Å². The second-order valence-electron chi connectivity index (χ2n) is 1.76. The van der Waals surface area contributed by atoms with Gasteiger partial charge >= 0.3 is 11.9 Å². The lowest BCUT2D eigenvalue weighted by molar-refractivity contribution is -0.159. The van der Waals surface area contributed by atoms with Gasteiger partial charge in [-0.15, -0.1) is 0 Å². The summed E-state index contributed by atoms with van der Waals surface area (Å²) in [5, 5.41) is 31.0. The molecule has 0 spiro atoms. The van der Waals surface area contributed by atoms with E-state index in [1.54, 1.807) is 0 Å². The molecule has 0 aliphatic rings. The van der Waals surface area contributed by atoms with E-state index in [2.05, 4.69) is 0 Å². The Balaban J connectivity index is 0. The molecule has 0 heterocycles. The minimum absolute atomic E-state index is 0.195. The molecule has 0 amide bonds. The summed E-state index contributed by atoms with van der Waals surface area (Å²) in [6.45, 7) is 0.390. The molecule has 0 fully saturated rings. The molecule has 0 aromatic rings. The first-order valence-corrected chi connectivity index (χ1v) is 3.24. The standard InChI is InChI=1S/C4H10O2.C2H2O4/c5-3-1-2-4-6;3-1(4)2(5)6/h5-6H,1-4H2;(H,3,4)(H,5,6). The third-order valence-electron chi connectivity index (χ3n) is 0.749. The smallest absolute Gasteiger partial charge is 0.414 e. The lowest BCUT2D eigenvalue weighted by atomic mass is 10.3. The third-order valence-corrected chi connectivity index (χ3v) is 0.749. The minimum Gasteiger partial charge on any atom is -0.473 e. The highest BCUT2D eigenvalue weighted by molar-refractivity contribution is 6.27. The van der Waals surface area contributed by atoms with Crippen LogP contribution in [-0.4, -0.2) is 45.6 Å². The fourth-order valence-electron chi connectivity index (χ4n) is 0.224. The Morgan fingerprint density at radius 1 is 0.833 bits per heavy atom. The molecule has 0 radical (unpaired) electrons. The number of aliphatic hydroxyl groups is 2. The highest BCUT2D eigenvalue weighted by Crippen LogP contribution is 1.80. The number of aliphatic hydroxyl groups excluding tert-OH is 2. The highest BCUT2D eigenvalue weighted by atomic mass is 16.4. The largest absolute Gasteiger partial charge is 0.473 e. The van der Waals surface area contributed by atoms with Gasteiger partial charge in [-0.3, -0.25) is 0 Å². The molecule has 6 heteroatoms. The first kappa shape index (κ1) is 13.4. The molecule has 6 nitrogen and oxygen atoms in total. The van der Waals surface area contributed by atoms with Gasteiger partial charge < -0.3 is 20.4 Å². The number of hydrogen-bond donors (Lipinski definition) is 4. The van der Waals surface area contributed by atoms with Gasteiger partial charge in [0.1, 0.15) is 0 Å². The Labute approximate surface area is 69.1 Å². The molecular weight excluding hydrogens is 168 g/mol. The van der Waals surface area contributed by atoms with E-state index in [9.17, 15) is 0 Å². The van der Waals surface area contributed by atoms with Crippen molar-refractivity contribution in [2.24, 2.45) is 0 Å². The first-order valence-electron chi connectivity index (χ1n) is 3.24. The topological polar surface area (TPSA) is 115 Å². The number of hydrogen-bond acceptors (Lipinski definition) is 4. The van der Waals surface area contributed by atoms with Gasteiger partial charge in [0.05, 0.1) is 0 Å². The van der Waals surface area contributed by atoms with E-state index in [-0.39, 0.29) is 13.2 Å². The predicted octanol–water partition coefficient (Wildman–Crippen LogP) is -1.09. The Kier molecular flexibility index (Phi) is 11.1. The van der Waals surface area contributed by atoms with Crippen LogP contribution in [0.25, 0.3) is 0 Å². The number of rotatable bonds is 3. The average molecular weight is 180 g/mol. The molecular formula is C6H12O6. The van der Waals surface area contributed by atoms with Crippen LogP contribution in [0.4, 0.5) is 0 Å². The maximum absolute atomic E-state index is 9.10. The molecule has 0 aromatic carbocycles. The summed E-state index contributed by atoms with van der Waals surface area (Å²) >= 11 is 0. The molecule has 0 aliphatic heterocycles. The van der Waals surface area contributed by atoms with Crippen molar-refractivity contribution in [2.75, 3.05) is 13.2 Å². The number of aliphatic carboxylic acids is 2. The van der Waals surface area contributed by atoms with E-state index in [1.165, 1.54) is 0 Å². The summed E-state index contributed by atoms with van der Waals surface area (Å²) in [6, 6.07) is 0. The van der Waals surface area contributed by atoms with E-state index in [4.69, 9.17) is 30.0 Å². The van der Waals surface area contributed by atoms with Crippen molar-refractivity contribution < 1.29 is 30.0 Å². The molecule has 72 valence electrons. The van der Waals surface area contributed by atoms with Crippen LogP contribution >= 0.6 is 0 Å². The summed E-state index contributed by atoms with van der Waals surface area (Å²) in [6.07, 6.45) is 1.44. The summed E-state index contributed by atoms with van der Waals surface area (Å²) < 4.78 is 0. The first-order chi connectivity index (χ1) is 5.56. The molecule has 0 rings (SSSR count). The van der Waals surface area contributed by atoms with Crippen molar-refractivity contribution >= 4 is 11.9 Å². The number of unbranched alkanes of at least 4 members (excludes halogenated alkanes) is 1. The SMILES string of the molecule is O=C(O)C(=O)O.OCCCCO. The van der Waals surface area contributed by atoms with Crippen molar-refractivity contribution in [1.82, 2.24) is 0 Å². The summed E-state index contributed by atoms with van der Waals surface area (Å²) in [5.41, 5.74) is 0. The Morgan fingerprint density at radius 2 is 1.08 bits per heavy atom. The summed E-state index contributed by atoms with van der Waals surface area (Å²) in [4.78, 5) is 18.2. The van der Waals surface area contributed by atoms with E-state index in [0.29, 0.717) is 0 Å². The number of carbonyl (C=O) groups is 2. The van der Waals surface area contributed by atoms with Crippen LogP contribution in [-0.2, 0) is 9.59 Å². The molecule has 12 heavy (non-hydrogen) atoms. The Hall–Kier alpha value is -1.14. The van der Waals surface area contributed by atoms with Gasteiger partial charge in [0.25, 0.3) is 0 Å². The fraction of sp³-hybridized carbons (Fsp3) is 0.667. The van der Waals surface area contributed by atoms with Gasteiger partial charge in [0.2, 0.25) is 0 Å². The zero-order chi connectivity index (χ0) is 9.98. The normalized spacial score (nSPS) is 8.17. The van der Waals surface area contributed by atoms with E-state index in [0.717, 1.165) is 12.8 Å². The van der Waals surface area contributed by atoms with Crippen molar-refractivity contribution in [2.45, 2.75) is 12.8 Å². The molecule has 4 N–H and O–H groups in total. The Bertz CT molecular complexity index is 116. The van der Waals surface area contributed by atoms with Crippen LogP contribution in [0.15, 0.2) is 0 Å². The minimum atomic E-state index is -1.82. The van der Waals surface area contributed by atoms with E-state index in [1.807, 2.05) is 0 Å². The number of carboxylic acid groups (broad SMARTS) is 2. The number of carboxylic acids is 2. The zero-order valence-corrected chi connectivity index (χ0v) is 6.43. The van der Waals surface area contributed by atoms with Crippen molar-refractivity contribution in [3.63, 3.8) is 0 Å². The van der Waals surface area contributed by atoms with Gasteiger partial charge in [0, 0.05) is 13.2 Å². The lowest BCUT2D eigenvalue weighted by Crippen LogP contribution is -2.09. The molecule has 0 atom stereocenters. The summed E-state index contributed by atoms with van der Waals surface area (Å²) in [7, 11) is 0. The second kappa shape index (κ2) is 9.86. The zero-order valence-electron chi connectivity index (χ0n) is 6.43. The van der Waals surface area contributed by atoms with Gasteiger partial charge in [0.15, 0.2) is 0 Å². The molecule has 0 aliphatic carbocycles. The van der Waals surface area contributed by atoms with Gasteiger partial charge in [-0.25, -0.2) is 9.59 Å². The molecule has 0 bridgehead atoms. The van der Waals surface area contributed by atoms with Gasteiger partial charge in [-0.2, -0.15) is 0 Å². The van der Waals surface area contributed by atoms with Crippen LogP contribution in [0.3, 0.4) is 0 Å². The average Bonchev–Trinajstić information content (AvgIpc) is 2.02. The van der Waals surface area contributed by atoms with Crippen LogP contribution in [0.2, 0.25) is 0 Å². The van der Waals surface area contributed by atoms with Crippen molar-refractivity contribution in [3.05, 3.63) is 0 Å². The van der Waals surface area contributed by atoms with Crippen LogP contribution in [0, 0.1) is 0 Å². The van der Waals surface area contributed by atoms with Crippen molar-refractivity contribution in [3.8, 4) is 0 Å². The monoisotopic (exact) mass is 180 g/mol. The van der Waals surface area contributed by atoms with Crippen LogP contribution in [0.1, 0.15) is 12.8 Å². The lowest BCUT2D eigenvalue weighted by Gasteiger charge is -1.85. The van der Waals surface area contributed by atoms with Crippen molar-refractivity contribution in [1.29, 1.82) is 0 Å². The molecule has 0 unspecified atom stereocenters. The third kappa shape index (κ3) is 15.9. The molecule has 0 saturated carbocycles. The molecule has 0 saturated heterocycles. The maximum atomic E-state index is 9.10. The maximum Gasteiger partial charge on any atom is 0.414 e. The fourth-order valence-corrected chi connectivity index (χ4v) is 0.224. The predicted molar refractivity (Wildman–Crippen MR) is 38.7 cm³/mol. The van der Waals surface area contributed by atoms with Gasteiger partial charge in [-0.1, -0.05) is 0 Å². The second-order valence-corrected chi connectivity index (χ2v) is 1.76. The highest BCUT2D eigenvalue weighted by Gasteiger charge is 2.04. The van der Waals surface area contributed by atoms with Crippen LogP contribution < -0.4 is 0 Å². The van der Waals surface area contributed by atoms with E-state index >= 15 is 0 Å². The Morgan fingerprint density at radius 3 is 1.17 bits per heavy atom. The van der Waals surface area contributed by atoms with E-state index < -0.39 is 11.9 Å². The molecule has 0 aromatic heterocycles. The summed E-state index contributed by atoms with van der Waals surface area (Å²) in [5.74, 6) is -3.65. The van der Waals surface area contributed by atoms with Gasteiger partial charge in [-0.05, 0) is 12.8 Å². The quantitative estimate of drug-likeness (QED) is 0.324.